The Bertz CT molecular complexity index is 493. The second-order valence-corrected chi connectivity index (χ2v) is 5.73. The topological polar surface area (TPSA) is 84.4 Å². The molecule has 0 spiro atoms. The van der Waals surface area contributed by atoms with Crippen LogP contribution in [0, 0.1) is 16.0 Å². The molecule has 1 aliphatic heterocycles. The van der Waals surface area contributed by atoms with E-state index >= 15 is 0 Å². The predicted octanol–water partition coefficient (Wildman–Crippen LogP) is 2.89. The van der Waals surface area contributed by atoms with Crippen LogP contribution in [0.1, 0.15) is 38.2 Å². The molecule has 0 radical (unpaired) electrons. The van der Waals surface area contributed by atoms with Crippen molar-refractivity contribution in [2.45, 2.75) is 39.2 Å². The third kappa shape index (κ3) is 4.15. The molecule has 6 nitrogen and oxygen atoms in total. The molecule has 1 unspecified atom stereocenters. The lowest BCUT2D eigenvalue weighted by Crippen LogP contribution is -2.24. The number of hydrogen-bond acceptors (Lipinski definition) is 5. The summed E-state index contributed by atoms with van der Waals surface area (Å²) in [6.07, 6.45) is 5.04. The van der Waals surface area contributed by atoms with Crippen LogP contribution in [0.5, 0.6) is 0 Å². The first-order valence-electron chi connectivity index (χ1n) is 7.60. The van der Waals surface area contributed by atoms with Gasteiger partial charge in [0.2, 0.25) is 0 Å². The molecule has 1 saturated heterocycles. The SMILES string of the molecule is CCC1CCCN(Cc2ccc([N+](=O)[O-])c(NN)c2)CC1. The van der Waals surface area contributed by atoms with Crippen molar-refractivity contribution in [1.29, 1.82) is 0 Å². The predicted molar refractivity (Wildman–Crippen MR) is 83.8 cm³/mol. The fraction of sp³-hybridized carbons (Fsp3) is 0.600. The van der Waals surface area contributed by atoms with E-state index in [4.69, 9.17) is 5.84 Å². The van der Waals surface area contributed by atoms with Crippen LogP contribution in [0.4, 0.5) is 11.4 Å². The molecule has 21 heavy (non-hydrogen) atoms. The van der Waals surface area contributed by atoms with Gasteiger partial charge in [0, 0.05) is 12.6 Å². The highest BCUT2D eigenvalue weighted by atomic mass is 16.6. The molecule has 1 aliphatic rings. The van der Waals surface area contributed by atoms with Gasteiger partial charge in [-0.05, 0) is 49.9 Å². The molecule has 0 aromatic heterocycles. The molecule has 1 aromatic carbocycles. The molecular formula is C15H24N4O2. The number of nitrogens with zero attached hydrogens (tertiary/aromatic N) is 2. The second-order valence-electron chi connectivity index (χ2n) is 5.73. The maximum absolute atomic E-state index is 10.9. The smallest absolute Gasteiger partial charge is 0.293 e. The second kappa shape index (κ2) is 7.38. The van der Waals surface area contributed by atoms with Gasteiger partial charge in [-0.2, -0.15) is 0 Å². The number of nitrogen functional groups attached to an aromatic ring is 1. The normalized spacial score (nSPS) is 20.0. The van der Waals surface area contributed by atoms with Crippen LogP contribution in [0.15, 0.2) is 18.2 Å². The van der Waals surface area contributed by atoms with E-state index in [0.717, 1.165) is 31.1 Å². The van der Waals surface area contributed by atoms with E-state index in [1.165, 1.54) is 31.7 Å². The van der Waals surface area contributed by atoms with E-state index in [1.54, 1.807) is 6.07 Å². The zero-order valence-corrected chi connectivity index (χ0v) is 12.5. The summed E-state index contributed by atoms with van der Waals surface area (Å²) in [6, 6.07) is 5.12. The maximum Gasteiger partial charge on any atom is 0.293 e. The number of hydrogen-bond donors (Lipinski definition) is 2. The number of benzene rings is 1. The average molecular weight is 292 g/mol. The number of nitrogens with one attached hydrogen (secondary N) is 1. The van der Waals surface area contributed by atoms with Crippen molar-refractivity contribution >= 4 is 11.4 Å². The zero-order valence-electron chi connectivity index (χ0n) is 12.5. The molecule has 0 bridgehead atoms. The molecule has 0 saturated carbocycles. The lowest BCUT2D eigenvalue weighted by molar-refractivity contribution is -0.384. The van der Waals surface area contributed by atoms with Gasteiger partial charge in [0.25, 0.3) is 5.69 Å². The molecule has 2 rings (SSSR count). The third-order valence-corrected chi connectivity index (χ3v) is 4.34. The minimum atomic E-state index is -0.420. The summed E-state index contributed by atoms with van der Waals surface area (Å²) >= 11 is 0. The van der Waals surface area contributed by atoms with Crippen molar-refractivity contribution in [1.82, 2.24) is 4.90 Å². The van der Waals surface area contributed by atoms with Gasteiger partial charge < -0.3 is 5.43 Å². The van der Waals surface area contributed by atoms with Crippen LogP contribution in [-0.4, -0.2) is 22.9 Å². The number of hydrazine groups is 1. The standard InChI is InChI=1S/C15H24N4O2/c1-2-12-4-3-8-18(9-7-12)11-13-5-6-15(19(20)21)14(10-13)17-16/h5-6,10,12,17H,2-4,7-9,11,16H2,1H3. The highest BCUT2D eigenvalue weighted by Gasteiger charge is 2.17. The minimum absolute atomic E-state index is 0.0168. The van der Waals surface area contributed by atoms with Crippen molar-refractivity contribution in [3.63, 3.8) is 0 Å². The molecule has 1 fully saturated rings. The highest BCUT2D eigenvalue weighted by molar-refractivity contribution is 5.62. The lowest BCUT2D eigenvalue weighted by atomic mass is 9.98. The molecule has 6 heteroatoms. The summed E-state index contributed by atoms with van der Waals surface area (Å²) in [4.78, 5) is 12.9. The summed E-state index contributed by atoms with van der Waals surface area (Å²) in [5, 5.41) is 10.9. The first-order valence-corrected chi connectivity index (χ1v) is 7.60. The monoisotopic (exact) mass is 292 g/mol. The molecule has 3 N–H and O–H groups in total. The van der Waals surface area contributed by atoms with Crippen molar-refractivity contribution in [3.8, 4) is 0 Å². The molecule has 0 aliphatic carbocycles. The summed E-state index contributed by atoms with van der Waals surface area (Å²) in [5.41, 5.74) is 3.87. The van der Waals surface area contributed by atoms with Crippen molar-refractivity contribution in [2.75, 3.05) is 18.5 Å². The van der Waals surface area contributed by atoms with Crippen LogP contribution in [-0.2, 0) is 6.54 Å². The van der Waals surface area contributed by atoms with Crippen LogP contribution >= 0.6 is 0 Å². The van der Waals surface area contributed by atoms with Crippen LogP contribution in [0.3, 0.4) is 0 Å². The summed E-state index contributed by atoms with van der Waals surface area (Å²) < 4.78 is 0. The van der Waals surface area contributed by atoms with E-state index in [2.05, 4.69) is 17.2 Å². The maximum atomic E-state index is 10.9. The van der Waals surface area contributed by atoms with Gasteiger partial charge in [0.05, 0.1) is 4.92 Å². The Labute approximate surface area is 125 Å². The third-order valence-electron chi connectivity index (χ3n) is 4.34. The van der Waals surface area contributed by atoms with E-state index in [1.807, 2.05) is 6.07 Å². The van der Waals surface area contributed by atoms with Gasteiger partial charge in [0.15, 0.2) is 0 Å². The number of likely N-dealkylation sites (tertiary alicyclic amines) is 1. The van der Waals surface area contributed by atoms with Crippen LogP contribution in [0.2, 0.25) is 0 Å². The number of nitro groups is 1. The van der Waals surface area contributed by atoms with E-state index < -0.39 is 4.92 Å². The summed E-state index contributed by atoms with van der Waals surface area (Å²) in [7, 11) is 0. The summed E-state index contributed by atoms with van der Waals surface area (Å²) in [6.45, 7) is 5.28. The lowest BCUT2D eigenvalue weighted by Gasteiger charge is -2.20. The Morgan fingerprint density at radius 2 is 2.24 bits per heavy atom. The molecule has 1 atom stereocenters. The van der Waals surface area contributed by atoms with Gasteiger partial charge in [-0.15, -0.1) is 0 Å². The van der Waals surface area contributed by atoms with Crippen molar-refractivity contribution < 1.29 is 4.92 Å². The molecule has 1 aromatic rings. The van der Waals surface area contributed by atoms with E-state index in [9.17, 15) is 10.1 Å². The fourth-order valence-electron chi connectivity index (χ4n) is 3.01. The average Bonchev–Trinajstić information content (AvgIpc) is 2.72. The Hall–Kier alpha value is -1.66. The summed E-state index contributed by atoms with van der Waals surface area (Å²) in [5.74, 6) is 6.22. The van der Waals surface area contributed by atoms with Gasteiger partial charge in [-0.3, -0.25) is 20.9 Å². The first kappa shape index (κ1) is 15.7. The quantitative estimate of drug-likeness (QED) is 0.495. The zero-order chi connectivity index (χ0) is 15.2. The van der Waals surface area contributed by atoms with Gasteiger partial charge in [-0.1, -0.05) is 19.4 Å². The van der Waals surface area contributed by atoms with Crippen molar-refractivity contribution in [2.24, 2.45) is 11.8 Å². The Morgan fingerprint density at radius 3 is 2.90 bits per heavy atom. The molecule has 116 valence electrons. The van der Waals surface area contributed by atoms with Crippen LogP contribution < -0.4 is 11.3 Å². The minimum Gasteiger partial charge on any atom is -0.318 e. The Kier molecular flexibility index (Phi) is 5.52. The van der Waals surface area contributed by atoms with Gasteiger partial charge >= 0.3 is 0 Å². The van der Waals surface area contributed by atoms with E-state index in [0.29, 0.717) is 5.69 Å². The number of nitro benzene ring substituents is 1. The number of rotatable bonds is 5. The van der Waals surface area contributed by atoms with Gasteiger partial charge in [0.1, 0.15) is 5.69 Å². The number of anilines is 1. The largest absolute Gasteiger partial charge is 0.318 e. The molecule has 1 heterocycles. The Morgan fingerprint density at radius 1 is 1.43 bits per heavy atom. The van der Waals surface area contributed by atoms with Crippen LogP contribution in [0.25, 0.3) is 0 Å². The number of nitrogens with two attached hydrogens (primary N) is 1. The van der Waals surface area contributed by atoms with Gasteiger partial charge in [-0.25, -0.2) is 0 Å². The Balaban J connectivity index is 2.04. The fourth-order valence-corrected chi connectivity index (χ4v) is 3.01. The molecular weight excluding hydrogens is 268 g/mol. The highest BCUT2D eigenvalue weighted by Crippen LogP contribution is 2.26. The van der Waals surface area contributed by atoms with Crippen molar-refractivity contribution in [3.05, 3.63) is 33.9 Å². The molecule has 0 amide bonds. The first-order chi connectivity index (χ1) is 10.1. The van der Waals surface area contributed by atoms with E-state index in [-0.39, 0.29) is 5.69 Å².